The quantitative estimate of drug-likeness (QED) is 0.255. The second-order valence-electron chi connectivity index (χ2n) is 7.58. The normalized spacial score (nSPS) is 10.9. The van der Waals surface area contributed by atoms with Crippen LogP contribution in [-0.4, -0.2) is 34.3 Å². The largest absolute Gasteiger partial charge is 0.372 e. The van der Waals surface area contributed by atoms with Crippen molar-refractivity contribution >= 4 is 51.5 Å². The number of carbonyl (C=O) groups is 1. The van der Waals surface area contributed by atoms with E-state index in [1.807, 2.05) is 36.4 Å². The maximum Gasteiger partial charge on any atom is 0.266 e. The molecule has 0 fully saturated rings. The summed E-state index contributed by atoms with van der Waals surface area (Å²) in [6.45, 7) is 6.07. The number of thioether (sulfide) groups is 1. The van der Waals surface area contributed by atoms with Crippen LogP contribution in [0.4, 0.5) is 11.4 Å². The summed E-state index contributed by atoms with van der Waals surface area (Å²) in [6.07, 6.45) is 0. The highest BCUT2D eigenvalue weighted by atomic mass is 35.5. The average molecular weight is 493 g/mol. The molecule has 0 atom stereocenters. The third kappa shape index (κ3) is 5.26. The molecule has 1 amide bonds. The van der Waals surface area contributed by atoms with Crippen molar-refractivity contribution in [3.05, 3.63) is 88.2 Å². The molecule has 0 radical (unpaired) electrons. The van der Waals surface area contributed by atoms with Gasteiger partial charge in [0.05, 0.1) is 22.3 Å². The van der Waals surface area contributed by atoms with E-state index in [1.54, 1.807) is 36.4 Å². The molecular formula is C26H25ClN4O2S. The van der Waals surface area contributed by atoms with Crippen LogP contribution in [-0.2, 0) is 4.79 Å². The van der Waals surface area contributed by atoms with E-state index < -0.39 is 0 Å². The zero-order valence-electron chi connectivity index (χ0n) is 19.0. The van der Waals surface area contributed by atoms with Crippen LogP contribution in [0.1, 0.15) is 13.8 Å². The molecule has 4 aromatic rings. The van der Waals surface area contributed by atoms with Crippen molar-refractivity contribution in [3.63, 3.8) is 0 Å². The first-order valence-electron chi connectivity index (χ1n) is 11.1. The lowest BCUT2D eigenvalue weighted by atomic mass is 10.2. The molecule has 0 aliphatic carbocycles. The number of rotatable bonds is 8. The van der Waals surface area contributed by atoms with Gasteiger partial charge in [0, 0.05) is 29.5 Å². The second-order valence-corrected chi connectivity index (χ2v) is 8.96. The zero-order chi connectivity index (χ0) is 24.1. The van der Waals surface area contributed by atoms with Crippen LogP contribution in [0.15, 0.2) is 82.7 Å². The number of aromatic nitrogens is 2. The van der Waals surface area contributed by atoms with E-state index in [4.69, 9.17) is 11.6 Å². The number of para-hydroxylation sites is 1. The van der Waals surface area contributed by atoms with Crippen molar-refractivity contribution < 1.29 is 4.79 Å². The first-order valence-corrected chi connectivity index (χ1v) is 12.4. The molecule has 0 saturated carbocycles. The van der Waals surface area contributed by atoms with Gasteiger partial charge in [-0.15, -0.1) is 0 Å². The van der Waals surface area contributed by atoms with Crippen molar-refractivity contribution in [2.75, 3.05) is 29.1 Å². The maximum absolute atomic E-state index is 13.3. The summed E-state index contributed by atoms with van der Waals surface area (Å²) in [6, 6.07) is 22.0. The van der Waals surface area contributed by atoms with Gasteiger partial charge in [-0.1, -0.05) is 35.5 Å². The molecule has 0 saturated heterocycles. The van der Waals surface area contributed by atoms with Crippen LogP contribution in [0, 0.1) is 0 Å². The van der Waals surface area contributed by atoms with Gasteiger partial charge in [0.25, 0.3) is 5.56 Å². The van der Waals surface area contributed by atoms with Crippen molar-refractivity contribution in [3.8, 4) is 5.69 Å². The lowest BCUT2D eigenvalue weighted by molar-refractivity contribution is -0.113. The van der Waals surface area contributed by atoms with Crippen molar-refractivity contribution in [1.82, 2.24) is 9.55 Å². The Kier molecular flexibility index (Phi) is 7.55. The monoisotopic (exact) mass is 492 g/mol. The average Bonchev–Trinajstić information content (AvgIpc) is 2.85. The molecule has 0 unspecified atom stereocenters. The van der Waals surface area contributed by atoms with Gasteiger partial charge in [-0.05, 0) is 74.5 Å². The highest BCUT2D eigenvalue weighted by Crippen LogP contribution is 2.23. The predicted molar refractivity (Wildman–Crippen MR) is 142 cm³/mol. The number of anilines is 2. The number of hydrogen-bond donors (Lipinski definition) is 1. The summed E-state index contributed by atoms with van der Waals surface area (Å²) in [5, 5.41) is 4.45. The SMILES string of the molecule is CCN(CC)c1ccc(NC(=O)CSc2nc3ccccc3c(=O)n2-c2ccc(Cl)cc2)cc1. The summed E-state index contributed by atoms with van der Waals surface area (Å²) in [5.41, 5.74) is 2.88. The molecule has 0 aliphatic heterocycles. The maximum atomic E-state index is 13.3. The van der Waals surface area contributed by atoms with Crippen LogP contribution < -0.4 is 15.8 Å². The van der Waals surface area contributed by atoms with Gasteiger partial charge in [-0.2, -0.15) is 0 Å². The van der Waals surface area contributed by atoms with Gasteiger partial charge in [-0.25, -0.2) is 4.98 Å². The lowest BCUT2D eigenvalue weighted by Crippen LogP contribution is -2.23. The molecule has 8 heteroatoms. The Morgan fingerprint density at radius 2 is 1.68 bits per heavy atom. The van der Waals surface area contributed by atoms with Crippen molar-refractivity contribution in [2.24, 2.45) is 0 Å². The van der Waals surface area contributed by atoms with Gasteiger partial charge in [0.2, 0.25) is 5.91 Å². The van der Waals surface area contributed by atoms with Crippen LogP contribution in [0.2, 0.25) is 5.02 Å². The molecule has 0 aliphatic rings. The molecule has 1 aromatic heterocycles. The Morgan fingerprint density at radius 1 is 1.00 bits per heavy atom. The number of halogens is 1. The van der Waals surface area contributed by atoms with E-state index in [1.165, 1.54) is 16.3 Å². The third-order valence-corrected chi connectivity index (χ3v) is 6.63. The number of amides is 1. The van der Waals surface area contributed by atoms with Crippen LogP contribution in [0.25, 0.3) is 16.6 Å². The predicted octanol–water partition coefficient (Wildman–Crippen LogP) is 5.62. The standard InChI is InChI=1S/C26H25ClN4O2S/c1-3-30(4-2)20-15-11-19(12-16-20)28-24(32)17-34-26-29-23-8-6-5-7-22(23)25(33)31(26)21-13-9-18(27)10-14-21/h5-16H,3-4,17H2,1-2H3,(H,28,32). The molecule has 6 nitrogen and oxygen atoms in total. The van der Waals surface area contributed by atoms with E-state index in [-0.39, 0.29) is 17.2 Å². The van der Waals surface area contributed by atoms with Crippen molar-refractivity contribution in [2.45, 2.75) is 19.0 Å². The number of benzene rings is 3. The van der Waals surface area contributed by atoms with E-state index in [0.717, 1.165) is 24.5 Å². The number of fused-ring (bicyclic) bond motifs is 1. The number of hydrogen-bond acceptors (Lipinski definition) is 5. The fourth-order valence-corrected chi connectivity index (χ4v) is 4.64. The van der Waals surface area contributed by atoms with Gasteiger partial charge in [-0.3, -0.25) is 14.2 Å². The Balaban J connectivity index is 1.56. The minimum Gasteiger partial charge on any atom is -0.372 e. The Bertz CT molecular complexity index is 1350. The summed E-state index contributed by atoms with van der Waals surface area (Å²) < 4.78 is 1.52. The first-order chi connectivity index (χ1) is 16.5. The first kappa shape index (κ1) is 23.9. The highest BCUT2D eigenvalue weighted by molar-refractivity contribution is 7.99. The van der Waals surface area contributed by atoms with Crippen LogP contribution >= 0.6 is 23.4 Å². The molecule has 0 bridgehead atoms. The van der Waals surface area contributed by atoms with Gasteiger partial charge in [0.15, 0.2) is 5.16 Å². The summed E-state index contributed by atoms with van der Waals surface area (Å²) in [4.78, 5) is 32.9. The zero-order valence-corrected chi connectivity index (χ0v) is 20.6. The molecule has 0 spiro atoms. The molecule has 4 rings (SSSR count). The van der Waals surface area contributed by atoms with E-state index >= 15 is 0 Å². The Hall–Kier alpha value is -3.29. The third-order valence-electron chi connectivity index (χ3n) is 5.44. The van der Waals surface area contributed by atoms with E-state index in [0.29, 0.717) is 26.8 Å². The fourth-order valence-electron chi connectivity index (χ4n) is 3.70. The molecule has 1 heterocycles. The molecule has 174 valence electrons. The summed E-state index contributed by atoms with van der Waals surface area (Å²) in [7, 11) is 0. The van der Waals surface area contributed by atoms with E-state index in [9.17, 15) is 9.59 Å². The van der Waals surface area contributed by atoms with Crippen LogP contribution in [0.5, 0.6) is 0 Å². The lowest BCUT2D eigenvalue weighted by Gasteiger charge is -2.21. The summed E-state index contributed by atoms with van der Waals surface area (Å²) in [5.74, 6) is -0.0680. The van der Waals surface area contributed by atoms with Gasteiger partial charge in [0.1, 0.15) is 0 Å². The molecule has 34 heavy (non-hydrogen) atoms. The summed E-state index contributed by atoms with van der Waals surface area (Å²) >= 11 is 7.25. The Morgan fingerprint density at radius 3 is 2.35 bits per heavy atom. The molecular weight excluding hydrogens is 468 g/mol. The number of carbonyl (C=O) groups excluding carboxylic acids is 1. The second kappa shape index (κ2) is 10.8. The highest BCUT2D eigenvalue weighted by Gasteiger charge is 2.15. The molecule has 3 aromatic carbocycles. The van der Waals surface area contributed by atoms with Gasteiger partial charge >= 0.3 is 0 Å². The Labute approximate surface area is 207 Å². The van der Waals surface area contributed by atoms with Crippen LogP contribution in [0.3, 0.4) is 0 Å². The van der Waals surface area contributed by atoms with Crippen molar-refractivity contribution in [1.29, 1.82) is 0 Å². The smallest absolute Gasteiger partial charge is 0.266 e. The minimum absolute atomic E-state index is 0.107. The number of nitrogens with one attached hydrogen (secondary N) is 1. The topological polar surface area (TPSA) is 67.2 Å². The minimum atomic E-state index is -0.192. The van der Waals surface area contributed by atoms with Gasteiger partial charge < -0.3 is 10.2 Å². The number of nitrogens with zero attached hydrogens (tertiary/aromatic N) is 3. The fraction of sp³-hybridized carbons (Fsp3) is 0.192. The van der Waals surface area contributed by atoms with E-state index in [2.05, 4.69) is 29.0 Å². The molecule has 1 N–H and O–H groups in total.